The topological polar surface area (TPSA) is 3.24 Å². The van der Waals surface area contributed by atoms with Crippen LogP contribution in [0.2, 0.25) is 0 Å². The molecule has 52 heavy (non-hydrogen) atoms. The standard InChI is InChI=1S/C51H35N/c1-5-17-38(18-6-1)35-36-51(41-21-9-3-10-22-41)49-28-16-15-27-47(49)48-34-33-44(37-50(48)51)52(42-23-11-4-12-24-42)43-31-29-40(30-32-43)46-26-14-13-25-45(46)39-19-7-2-8-20-39/h1-34,37H. The molecule has 8 aromatic rings. The first-order valence-electron chi connectivity index (χ1n) is 17.8. The van der Waals surface area contributed by atoms with Gasteiger partial charge in [0.15, 0.2) is 0 Å². The van der Waals surface area contributed by atoms with Crippen molar-refractivity contribution in [1.82, 2.24) is 0 Å². The van der Waals surface area contributed by atoms with Crippen molar-refractivity contribution in [2.24, 2.45) is 0 Å². The van der Waals surface area contributed by atoms with E-state index in [0.717, 1.165) is 28.2 Å². The molecule has 1 aliphatic rings. The van der Waals surface area contributed by atoms with Crippen LogP contribution in [-0.4, -0.2) is 0 Å². The average Bonchev–Trinajstić information content (AvgIpc) is 3.51. The zero-order chi connectivity index (χ0) is 34.7. The molecule has 0 fully saturated rings. The van der Waals surface area contributed by atoms with Crippen molar-refractivity contribution in [3.63, 3.8) is 0 Å². The molecule has 0 saturated carbocycles. The Bertz CT molecular complexity index is 2550. The Morgan fingerprint density at radius 3 is 1.50 bits per heavy atom. The fourth-order valence-corrected chi connectivity index (χ4v) is 7.72. The maximum absolute atomic E-state index is 3.86. The average molecular weight is 662 g/mol. The first-order chi connectivity index (χ1) is 25.8. The van der Waals surface area contributed by atoms with Crippen LogP contribution in [0.1, 0.15) is 22.3 Å². The fraction of sp³-hybridized carbons (Fsp3) is 0.0196. The molecule has 1 unspecified atom stereocenters. The second-order valence-corrected chi connectivity index (χ2v) is 13.1. The number of anilines is 3. The molecule has 0 amide bonds. The van der Waals surface area contributed by atoms with Crippen molar-refractivity contribution in [1.29, 1.82) is 0 Å². The van der Waals surface area contributed by atoms with Crippen LogP contribution in [-0.2, 0) is 5.41 Å². The van der Waals surface area contributed by atoms with Crippen LogP contribution in [0.5, 0.6) is 0 Å². The molecule has 0 aromatic heterocycles. The van der Waals surface area contributed by atoms with Crippen LogP contribution in [0, 0.1) is 11.8 Å². The molecule has 1 heteroatoms. The molecule has 244 valence electrons. The minimum absolute atomic E-state index is 0.660. The van der Waals surface area contributed by atoms with Gasteiger partial charge in [-0.15, -0.1) is 0 Å². The van der Waals surface area contributed by atoms with E-state index in [1.54, 1.807) is 0 Å². The van der Waals surface area contributed by atoms with Gasteiger partial charge in [-0.25, -0.2) is 0 Å². The molecule has 0 aliphatic heterocycles. The summed E-state index contributed by atoms with van der Waals surface area (Å²) in [5.74, 6) is 7.46. The maximum Gasteiger partial charge on any atom is 0.108 e. The van der Waals surface area contributed by atoms with E-state index in [1.807, 2.05) is 6.07 Å². The largest absolute Gasteiger partial charge is 0.310 e. The van der Waals surface area contributed by atoms with E-state index in [0.29, 0.717) is 0 Å². The van der Waals surface area contributed by atoms with Gasteiger partial charge in [0.2, 0.25) is 0 Å². The Kier molecular flexibility index (Phi) is 8.05. The van der Waals surface area contributed by atoms with Gasteiger partial charge in [0, 0.05) is 22.6 Å². The number of hydrogen-bond acceptors (Lipinski definition) is 1. The third kappa shape index (κ3) is 5.48. The maximum atomic E-state index is 3.86. The zero-order valence-electron chi connectivity index (χ0n) is 28.7. The predicted octanol–water partition coefficient (Wildman–Crippen LogP) is 12.9. The van der Waals surface area contributed by atoms with Gasteiger partial charge >= 0.3 is 0 Å². The first-order valence-corrected chi connectivity index (χ1v) is 17.8. The molecule has 0 saturated heterocycles. The van der Waals surface area contributed by atoms with Gasteiger partial charge in [0.1, 0.15) is 5.41 Å². The smallest absolute Gasteiger partial charge is 0.108 e. The van der Waals surface area contributed by atoms with E-state index in [9.17, 15) is 0 Å². The van der Waals surface area contributed by atoms with Gasteiger partial charge in [-0.2, -0.15) is 0 Å². The molecule has 9 rings (SSSR count). The highest BCUT2D eigenvalue weighted by Gasteiger charge is 2.44. The molecular formula is C51H35N. The number of hydrogen-bond donors (Lipinski definition) is 0. The number of rotatable bonds is 6. The number of benzene rings is 8. The van der Waals surface area contributed by atoms with Crippen molar-refractivity contribution in [3.05, 3.63) is 235 Å². The summed E-state index contributed by atoms with van der Waals surface area (Å²) in [6.45, 7) is 0. The van der Waals surface area contributed by atoms with E-state index in [4.69, 9.17) is 0 Å². The van der Waals surface area contributed by atoms with Crippen molar-refractivity contribution < 1.29 is 0 Å². The minimum Gasteiger partial charge on any atom is -0.310 e. The lowest BCUT2D eigenvalue weighted by Gasteiger charge is -2.30. The van der Waals surface area contributed by atoms with E-state index in [1.165, 1.54) is 44.5 Å². The third-order valence-electron chi connectivity index (χ3n) is 10.1. The highest BCUT2D eigenvalue weighted by molar-refractivity contribution is 5.90. The van der Waals surface area contributed by atoms with E-state index in [2.05, 4.69) is 223 Å². The molecule has 1 aliphatic carbocycles. The normalized spacial score (nSPS) is 14.1. The van der Waals surface area contributed by atoms with Gasteiger partial charge in [-0.1, -0.05) is 176 Å². The Balaban J connectivity index is 1.21. The van der Waals surface area contributed by atoms with Gasteiger partial charge in [-0.3, -0.25) is 0 Å². The van der Waals surface area contributed by atoms with E-state index in [-0.39, 0.29) is 0 Å². The molecule has 8 aromatic carbocycles. The minimum atomic E-state index is -0.660. The molecular weight excluding hydrogens is 627 g/mol. The van der Waals surface area contributed by atoms with E-state index >= 15 is 0 Å². The van der Waals surface area contributed by atoms with Crippen LogP contribution in [0.4, 0.5) is 17.1 Å². The first kappa shape index (κ1) is 31.1. The van der Waals surface area contributed by atoms with Crippen LogP contribution in [0.3, 0.4) is 0 Å². The van der Waals surface area contributed by atoms with Gasteiger partial charge < -0.3 is 4.90 Å². The molecule has 0 radical (unpaired) electrons. The highest BCUT2D eigenvalue weighted by atomic mass is 15.1. The molecule has 0 bridgehead atoms. The number of nitrogens with zero attached hydrogens (tertiary/aromatic N) is 1. The van der Waals surface area contributed by atoms with E-state index < -0.39 is 5.41 Å². The SMILES string of the molecule is C(#CC1(c2ccccc2)c2ccccc2-c2ccc(N(c3ccccc3)c3ccc(-c4ccccc4-c4ccccc4)cc3)cc21)c1ccccc1. The summed E-state index contributed by atoms with van der Waals surface area (Å²) >= 11 is 0. The van der Waals surface area contributed by atoms with Crippen LogP contribution in [0.25, 0.3) is 33.4 Å². The summed E-state index contributed by atoms with van der Waals surface area (Å²) in [4.78, 5) is 2.36. The summed E-state index contributed by atoms with van der Waals surface area (Å²) < 4.78 is 0. The third-order valence-corrected chi connectivity index (χ3v) is 10.1. The summed E-state index contributed by atoms with van der Waals surface area (Å²) in [6.07, 6.45) is 0. The van der Waals surface area contributed by atoms with Crippen molar-refractivity contribution >= 4 is 17.1 Å². The Morgan fingerprint density at radius 1 is 0.346 bits per heavy atom. The monoisotopic (exact) mass is 661 g/mol. The number of para-hydroxylation sites is 1. The molecule has 0 heterocycles. The van der Waals surface area contributed by atoms with Crippen molar-refractivity contribution in [2.75, 3.05) is 4.90 Å². The van der Waals surface area contributed by atoms with Crippen LogP contribution >= 0.6 is 0 Å². The lowest BCUT2D eigenvalue weighted by molar-refractivity contribution is 0.837. The summed E-state index contributed by atoms with van der Waals surface area (Å²) in [5, 5.41) is 0. The van der Waals surface area contributed by atoms with Gasteiger partial charge in [0.25, 0.3) is 0 Å². The van der Waals surface area contributed by atoms with Crippen LogP contribution in [0.15, 0.2) is 212 Å². The van der Waals surface area contributed by atoms with Gasteiger partial charge in [0.05, 0.1) is 0 Å². The number of fused-ring (bicyclic) bond motifs is 3. The van der Waals surface area contributed by atoms with Crippen LogP contribution < -0.4 is 4.90 Å². The lowest BCUT2D eigenvalue weighted by Crippen LogP contribution is -2.25. The fourth-order valence-electron chi connectivity index (χ4n) is 7.72. The summed E-state index contributed by atoms with van der Waals surface area (Å²) in [5.41, 5.74) is 14.4. The van der Waals surface area contributed by atoms with Crippen molar-refractivity contribution in [3.8, 4) is 45.2 Å². The predicted molar refractivity (Wildman–Crippen MR) is 217 cm³/mol. The quantitative estimate of drug-likeness (QED) is 0.160. The molecule has 0 spiro atoms. The highest BCUT2D eigenvalue weighted by Crippen LogP contribution is 2.54. The Labute approximate surface area is 306 Å². The molecule has 1 atom stereocenters. The Hall–Kier alpha value is -6.88. The summed E-state index contributed by atoms with van der Waals surface area (Å²) in [6, 6.07) is 75.7. The molecule has 1 nitrogen and oxygen atoms in total. The van der Waals surface area contributed by atoms with Gasteiger partial charge in [-0.05, 0) is 98.6 Å². The second-order valence-electron chi connectivity index (χ2n) is 13.1. The molecule has 0 N–H and O–H groups in total. The zero-order valence-corrected chi connectivity index (χ0v) is 28.7. The second kappa shape index (κ2) is 13.4. The Morgan fingerprint density at radius 2 is 0.827 bits per heavy atom. The summed E-state index contributed by atoms with van der Waals surface area (Å²) in [7, 11) is 0. The van der Waals surface area contributed by atoms with Crippen molar-refractivity contribution in [2.45, 2.75) is 5.41 Å². The lowest BCUT2D eigenvalue weighted by atomic mass is 9.72.